The number of anilines is 2. The maximum absolute atomic E-state index is 13.6. The zero-order chi connectivity index (χ0) is 21.8. The lowest BCUT2D eigenvalue weighted by atomic mass is 10.1. The fourth-order valence-corrected chi connectivity index (χ4v) is 4.48. The lowest BCUT2D eigenvalue weighted by molar-refractivity contribution is 0.122. The highest BCUT2D eigenvalue weighted by Crippen LogP contribution is 2.28. The van der Waals surface area contributed by atoms with Crippen molar-refractivity contribution in [1.82, 2.24) is 10.2 Å². The predicted molar refractivity (Wildman–Crippen MR) is 114 cm³/mol. The molecule has 0 aliphatic carbocycles. The number of ether oxygens (including phenoxy) is 2. The van der Waals surface area contributed by atoms with Gasteiger partial charge in [-0.3, -0.25) is 4.72 Å². The summed E-state index contributed by atoms with van der Waals surface area (Å²) >= 11 is 0. The van der Waals surface area contributed by atoms with Crippen molar-refractivity contribution in [1.29, 1.82) is 0 Å². The van der Waals surface area contributed by atoms with Gasteiger partial charge in [-0.05, 0) is 42.5 Å². The molecule has 31 heavy (non-hydrogen) atoms. The lowest BCUT2D eigenvalue weighted by Gasteiger charge is -2.27. The number of benzene rings is 2. The molecule has 2 heterocycles. The number of morpholine rings is 1. The van der Waals surface area contributed by atoms with E-state index in [1.54, 1.807) is 24.3 Å². The van der Waals surface area contributed by atoms with Crippen molar-refractivity contribution in [3.63, 3.8) is 0 Å². The van der Waals surface area contributed by atoms with Crippen molar-refractivity contribution in [2.24, 2.45) is 0 Å². The number of nitrogens with one attached hydrogen (secondary N) is 1. The average molecular weight is 444 g/mol. The van der Waals surface area contributed by atoms with E-state index in [2.05, 4.69) is 19.8 Å². The highest BCUT2D eigenvalue weighted by molar-refractivity contribution is 7.92. The average Bonchev–Trinajstić information content (AvgIpc) is 2.80. The lowest BCUT2D eigenvalue weighted by Crippen LogP contribution is -2.36. The number of methoxy groups -OCH3 is 1. The van der Waals surface area contributed by atoms with Crippen LogP contribution in [0.3, 0.4) is 0 Å². The molecule has 162 valence electrons. The maximum Gasteiger partial charge on any atom is 0.265 e. The van der Waals surface area contributed by atoms with Gasteiger partial charge in [0.05, 0.1) is 26.0 Å². The molecule has 3 aromatic rings. The van der Waals surface area contributed by atoms with Gasteiger partial charge in [0.15, 0.2) is 5.82 Å². The maximum atomic E-state index is 13.6. The molecule has 1 aliphatic rings. The van der Waals surface area contributed by atoms with Gasteiger partial charge in [-0.25, -0.2) is 12.8 Å². The molecule has 0 unspecified atom stereocenters. The molecule has 1 aliphatic heterocycles. The smallest absolute Gasteiger partial charge is 0.265 e. The van der Waals surface area contributed by atoms with Gasteiger partial charge in [-0.2, -0.15) is 0 Å². The van der Waals surface area contributed by atoms with Crippen molar-refractivity contribution < 1.29 is 22.3 Å². The molecule has 4 rings (SSSR count). The van der Waals surface area contributed by atoms with Gasteiger partial charge < -0.3 is 14.4 Å². The van der Waals surface area contributed by atoms with Crippen molar-refractivity contribution in [3.05, 3.63) is 60.4 Å². The van der Waals surface area contributed by atoms with Gasteiger partial charge in [0.25, 0.3) is 10.0 Å². The topological polar surface area (TPSA) is 93.7 Å². The SMILES string of the molecule is COc1ccc(F)cc1S(=O)(=O)Nc1cccc(-c2ccc(N3CCOCC3)nn2)c1. The van der Waals surface area contributed by atoms with Gasteiger partial charge in [-0.1, -0.05) is 12.1 Å². The molecule has 0 atom stereocenters. The summed E-state index contributed by atoms with van der Waals surface area (Å²) in [7, 11) is -2.74. The Kier molecular flexibility index (Phi) is 6.01. The number of halogens is 1. The van der Waals surface area contributed by atoms with Crippen LogP contribution in [0.25, 0.3) is 11.3 Å². The molecule has 0 amide bonds. The second kappa shape index (κ2) is 8.86. The fourth-order valence-electron chi connectivity index (χ4n) is 3.25. The van der Waals surface area contributed by atoms with Gasteiger partial charge in [0.1, 0.15) is 16.5 Å². The number of aromatic nitrogens is 2. The van der Waals surface area contributed by atoms with E-state index in [9.17, 15) is 12.8 Å². The second-order valence-electron chi connectivity index (χ2n) is 6.86. The molecular formula is C21H21FN4O4S. The second-order valence-corrected chi connectivity index (χ2v) is 8.51. The number of hydrogen-bond donors (Lipinski definition) is 1. The Morgan fingerprint density at radius 1 is 1.06 bits per heavy atom. The molecule has 0 bridgehead atoms. The van der Waals surface area contributed by atoms with E-state index in [1.807, 2.05) is 12.1 Å². The molecule has 1 fully saturated rings. The molecule has 1 aromatic heterocycles. The van der Waals surface area contributed by atoms with Crippen LogP contribution in [-0.2, 0) is 14.8 Å². The standard InChI is InChI=1S/C21H21FN4O4S/c1-29-19-7-5-16(22)14-20(19)31(27,28)25-17-4-2-3-15(13-17)18-6-8-21(24-23-18)26-9-11-30-12-10-26/h2-8,13-14,25H,9-12H2,1H3. The summed E-state index contributed by atoms with van der Waals surface area (Å²) in [4.78, 5) is 1.81. The van der Waals surface area contributed by atoms with Crippen LogP contribution in [0.1, 0.15) is 0 Å². The zero-order valence-electron chi connectivity index (χ0n) is 16.8. The van der Waals surface area contributed by atoms with Crippen LogP contribution < -0.4 is 14.4 Å². The first-order valence-electron chi connectivity index (χ1n) is 9.59. The van der Waals surface area contributed by atoms with Gasteiger partial charge >= 0.3 is 0 Å². The molecule has 1 saturated heterocycles. The fraction of sp³-hybridized carbons (Fsp3) is 0.238. The summed E-state index contributed by atoms with van der Waals surface area (Å²) in [5, 5.41) is 8.57. The third kappa shape index (κ3) is 4.75. The van der Waals surface area contributed by atoms with E-state index >= 15 is 0 Å². The minimum Gasteiger partial charge on any atom is -0.495 e. The predicted octanol–water partition coefficient (Wildman–Crippen LogP) is 2.93. The highest BCUT2D eigenvalue weighted by Gasteiger charge is 2.21. The van der Waals surface area contributed by atoms with Crippen LogP contribution in [0, 0.1) is 5.82 Å². The summed E-state index contributed by atoms with van der Waals surface area (Å²) < 4.78 is 52.1. The van der Waals surface area contributed by atoms with Gasteiger partial charge in [-0.15, -0.1) is 10.2 Å². The van der Waals surface area contributed by atoms with Crippen LogP contribution in [-0.4, -0.2) is 52.0 Å². The monoisotopic (exact) mass is 444 g/mol. The Morgan fingerprint density at radius 2 is 1.87 bits per heavy atom. The number of rotatable bonds is 6. The summed E-state index contributed by atoms with van der Waals surface area (Å²) in [5.74, 6) is 0.141. The van der Waals surface area contributed by atoms with Crippen LogP contribution >= 0.6 is 0 Å². The van der Waals surface area contributed by atoms with E-state index in [-0.39, 0.29) is 10.6 Å². The van der Waals surface area contributed by atoms with E-state index in [0.29, 0.717) is 30.2 Å². The van der Waals surface area contributed by atoms with Crippen molar-refractivity contribution in [3.8, 4) is 17.0 Å². The van der Waals surface area contributed by atoms with Crippen LogP contribution in [0.5, 0.6) is 5.75 Å². The summed E-state index contributed by atoms with van der Waals surface area (Å²) in [6.45, 7) is 2.83. The number of hydrogen-bond acceptors (Lipinski definition) is 7. The van der Waals surface area contributed by atoms with E-state index in [4.69, 9.17) is 9.47 Å². The van der Waals surface area contributed by atoms with Gasteiger partial charge in [0.2, 0.25) is 0 Å². The number of sulfonamides is 1. The summed E-state index contributed by atoms with van der Waals surface area (Å²) in [5.41, 5.74) is 1.59. The largest absolute Gasteiger partial charge is 0.495 e. The van der Waals surface area contributed by atoms with Crippen LogP contribution in [0.2, 0.25) is 0 Å². The van der Waals surface area contributed by atoms with E-state index in [1.165, 1.54) is 13.2 Å². The minimum absolute atomic E-state index is 0.0506. The molecular weight excluding hydrogens is 423 g/mol. The minimum atomic E-state index is -4.07. The van der Waals surface area contributed by atoms with E-state index < -0.39 is 15.8 Å². The van der Waals surface area contributed by atoms with Crippen LogP contribution in [0.4, 0.5) is 15.9 Å². The van der Waals surface area contributed by atoms with Crippen molar-refractivity contribution >= 4 is 21.5 Å². The molecule has 10 heteroatoms. The molecule has 0 saturated carbocycles. The Bertz CT molecular complexity index is 1170. The summed E-state index contributed by atoms with van der Waals surface area (Å²) in [6.07, 6.45) is 0. The normalized spacial score (nSPS) is 14.3. The quantitative estimate of drug-likeness (QED) is 0.625. The zero-order valence-corrected chi connectivity index (χ0v) is 17.6. The molecule has 8 nitrogen and oxygen atoms in total. The highest BCUT2D eigenvalue weighted by atomic mass is 32.2. The first kappa shape index (κ1) is 21.0. The first-order valence-corrected chi connectivity index (χ1v) is 11.1. The van der Waals surface area contributed by atoms with E-state index in [0.717, 1.165) is 31.0 Å². The Balaban J connectivity index is 1.57. The molecule has 1 N–H and O–H groups in total. The Morgan fingerprint density at radius 3 is 2.58 bits per heavy atom. The number of nitrogens with zero attached hydrogens (tertiary/aromatic N) is 3. The van der Waals surface area contributed by atoms with Crippen molar-refractivity contribution in [2.45, 2.75) is 4.90 Å². The molecule has 2 aromatic carbocycles. The third-order valence-corrected chi connectivity index (χ3v) is 6.21. The Hall–Kier alpha value is -3.24. The first-order chi connectivity index (χ1) is 15.0. The Labute approximate surface area is 179 Å². The van der Waals surface area contributed by atoms with Crippen LogP contribution in [0.15, 0.2) is 59.5 Å². The summed E-state index contributed by atoms with van der Waals surface area (Å²) in [6, 6.07) is 13.8. The van der Waals surface area contributed by atoms with Gasteiger partial charge in [0, 0.05) is 24.3 Å². The molecule has 0 radical (unpaired) electrons. The van der Waals surface area contributed by atoms with Crippen molar-refractivity contribution in [2.75, 3.05) is 43.0 Å². The molecule has 0 spiro atoms. The third-order valence-electron chi connectivity index (χ3n) is 4.81.